The van der Waals surface area contributed by atoms with Crippen molar-refractivity contribution < 1.29 is 19.8 Å². The summed E-state index contributed by atoms with van der Waals surface area (Å²) < 4.78 is 0. The molecule has 0 aliphatic rings. The first-order valence-corrected chi connectivity index (χ1v) is 15.8. The number of allylic oxidation sites excluding steroid dienone is 3. The molecule has 0 bridgehead atoms. The van der Waals surface area contributed by atoms with E-state index in [2.05, 4.69) is 13.8 Å². The Balaban J connectivity index is 0. The van der Waals surface area contributed by atoms with Gasteiger partial charge in [0.15, 0.2) is 0 Å². The predicted molar refractivity (Wildman–Crippen MR) is 160 cm³/mol. The van der Waals surface area contributed by atoms with Gasteiger partial charge in [-0.25, -0.2) is 4.79 Å². The topological polar surface area (TPSA) is 74.6 Å². The average Bonchev–Trinajstić information content (AvgIpc) is 2.87. The first kappa shape index (κ1) is 37.6. The second-order valence-corrected chi connectivity index (χ2v) is 10.5. The van der Waals surface area contributed by atoms with E-state index in [-0.39, 0.29) is 0 Å². The molecule has 0 fully saturated rings. The van der Waals surface area contributed by atoms with Gasteiger partial charge >= 0.3 is 11.9 Å². The van der Waals surface area contributed by atoms with Crippen LogP contribution in [0.25, 0.3) is 0 Å². The number of unbranched alkanes of at least 4 members (excludes halogenated alkanes) is 22. The highest BCUT2D eigenvalue weighted by molar-refractivity contribution is 5.80. The Morgan fingerprint density at radius 3 is 1.19 bits per heavy atom. The van der Waals surface area contributed by atoms with Crippen LogP contribution in [0.3, 0.4) is 0 Å². The van der Waals surface area contributed by atoms with E-state index in [9.17, 15) is 9.59 Å². The number of carboxylic acids is 2. The molecule has 0 atom stereocenters. The lowest BCUT2D eigenvalue weighted by molar-refractivity contribution is -0.137. The molecule has 218 valence electrons. The quantitative estimate of drug-likeness (QED) is 0.0639. The fourth-order valence-corrected chi connectivity index (χ4v) is 4.36. The van der Waals surface area contributed by atoms with E-state index in [0.29, 0.717) is 6.42 Å². The van der Waals surface area contributed by atoms with Crippen LogP contribution < -0.4 is 0 Å². The molecule has 0 aromatic rings. The average molecular weight is 523 g/mol. The second kappa shape index (κ2) is 34.4. The number of hydrogen-bond donors (Lipinski definition) is 2. The third-order valence-electron chi connectivity index (χ3n) is 6.70. The Labute approximate surface area is 230 Å². The number of aliphatic carboxylic acids is 2. The van der Waals surface area contributed by atoms with Crippen LogP contribution >= 0.6 is 0 Å². The van der Waals surface area contributed by atoms with E-state index in [1.54, 1.807) is 6.08 Å². The lowest BCUT2D eigenvalue weighted by Crippen LogP contribution is -1.93. The predicted octanol–water partition coefficient (Wildman–Crippen LogP) is 11.0. The molecule has 0 rings (SSSR count). The van der Waals surface area contributed by atoms with Crippen LogP contribution in [0.2, 0.25) is 0 Å². The summed E-state index contributed by atoms with van der Waals surface area (Å²) in [6, 6.07) is 0. The highest BCUT2D eigenvalue weighted by Crippen LogP contribution is 2.13. The van der Waals surface area contributed by atoms with Crippen molar-refractivity contribution in [1.82, 2.24) is 0 Å². The van der Waals surface area contributed by atoms with Gasteiger partial charge in [0.2, 0.25) is 0 Å². The summed E-state index contributed by atoms with van der Waals surface area (Å²) in [6.45, 7) is 4.51. The SMILES string of the molecule is CCCCCCCCCCCC=CC=CC(=O)O.CCCCCCCCCCCCCCCCC(=O)O. The van der Waals surface area contributed by atoms with E-state index < -0.39 is 11.9 Å². The zero-order chi connectivity index (χ0) is 27.7. The van der Waals surface area contributed by atoms with E-state index in [1.807, 2.05) is 12.2 Å². The molecule has 37 heavy (non-hydrogen) atoms. The summed E-state index contributed by atoms with van der Waals surface area (Å²) in [7, 11) is 0. The van der Waals surface area contributed by atoms with E-state index in [0.717, 1.165) is 25.3 Å². The Morgan fingerprint density at radius 1 is 0.486 bits per heavy atom. The van der Waals surface area contributed by atoms with Gasteiger partial charge in [0.1, 0.15) is 0 Å². The van der Waals surface area contributed by atoms with E-state index in [1.165, 1.54) is 135 Å². The molecule has 0 saturated heterocycles. The molecule has 0 aromatic heterocycles. The molecule has 0 unspecified atom stereocenters. The number of hydrogen-bond acceptors (Lipinski definition) is 2. The van der Waals surface area contributed by atoms with Gasteiger partial charge < -0.3 is 10.2 Å². The largest absolute Gasteiger partial charge is 0.481 e. The van der Waals surface area contributed by atoms with Crippen LogP contribution in [0.1, 0.15) is 174 Å². The van der Waals surface area contributed by atoms with Crippen molar-refractivity contribution in [1.29, 1.82) is 0 Å². The summed E-state index contributed by atoms with van der Waals surface area (Å²) in [5.41, 5.74) is 0. The Bertz CT molecular complexity index is 524. The van der Waals surface area contributed by atoms with Crippen molar-refractivity contribution >= 4 is 11.9 Å². The number of rotatable bonds is 27. The summed E-state index contributed by atoms with van der Waals surface area (Å²) in [5.74, 6) is -1.54. The van der Waals surface area contributed by atoms with E-state index >= 15 is 0 Å². The Morgan fingerprint density at radius 2 is 0.838 bits per heavy atom. The lowest BCUT2D eigenvalue weighted by Gasteiger charge is -2.02. The third kappa shape index (κ3) is 41.8. The van der Waals surface area contributed by atoms with E-state index in [4.69, 9.17) is 10.2 Å². The van der Waals surface area contributed by atoms with Gasteiger partial charge in [-0.15, -0.1) is 0 Å². The minimum Gasteiger partial charge on any atom is -0.481 e. The maximum Gasteiger partial charge on any atom is 0.328 e. The molecule has 0 aromatic carbocycles. The van der Waals surface area contributed by atoms with Crippen molar-refractivity contribution in [2.45, 2.75) is 174 Å². The van der Waals surface area contributed by atoms with Gasteiger partial charge in [-0.1, -0.05) is 167 Å². The standard InChI is InChI=1S/C17H34O2.C16H28O2/c1-2-3-4-5-6-7-8-9-10-11-12-13-14-15-16-17(18)19;1-2-3-4-5-6-7-8-9-10-11-12-13-14-15-16(17)18/h2-16H2,1H3,(H,18,19);12-15H,2-11H2,1H3,(H,17,18). The number of carbonyl (C=O) groups is 2. The minimum atomic E-state index is -0.886. The maximum absolute atomic E-state index is 10.3. The smallest absolute Gasteiger partial charge is 0.328 e. The lowest BCUT2D eigenvalue weighted by atomic mass is 10.0. The van der Waals surface area contributed by atoms with Gasteiger partial charge in [0.05, 0.1) is 0 Å². The van der Waals surface area contributed by atoms with Gasteiger partial charge in [0, 0.05) is 12.5 Å². The molecule has 0 radical (unpaired) electrons. The zero-order valence-electron chi connectivity index (χ0n) is 24.7. The minimum absolute atomic E-state index is 0.345. The van der Waals surface area contributed by atoms with Crippen molar-refractivity contribution in [2.75, 3.05) is 0 Å². The van der Waals surface area contributed by atoms with Gasteiger partial charge in [-0.2, -0.15) is 0 Å². The number of carboxylic acid groups (broad SMARTS) is 2. The highest BCUT2D eigenvalue weighted by Gasteiger charge is 1.97. The molecule has 4 nitrogen and oxygen atoms in total. The van der Waals surface area contributed by atoms with Crippen LogP contribution in [0, 0.1) is 0 Å². The molecular weight excluding hydrogens is 460 g/mol. The normalized spacial score (nSPS) is 11.2. The summed E-state index contributed by atoms with van der Waals surface area (Å²) >= 11 is 0. The molecule has 0 heterocycles. The van der Waals surface area contributed by atoms with Crippen LogP contribution in [0.4, 0.5) is 0 Å². The summed E-state index contributed by atoms with van der Waals surface area (Å²) in [5, 5.41) is 16.9. The van der Waals surface area contributed by atoms with Gasteiger partial charge in [0.25, 0.3) is 0 Å². The molecule has 0 aliphatic carbocycles. The van der Waals surface area contributed by atoms with Gasteiger partial charge in [-0.3, -0.25) is 4.79 Å². The maximum atomic E-state index is 10.3. The molecule has 0 saturated carbocycles. The monoisotopic (exact) mass is 522 g/mol. The fraction of sp³-hybridized carbons (Fsp3) is 0.818. The Hall–Kier alpha value is -1.58. The molecule has 0 spiro atoms. The van der Waals surface area contributed by atoms with Crippen LogP contribution in [-0.4, -0.2) is 22.2 Å². The molecule has 4 heteroatoms. The molecule has 0 aliphatic heterocycles. The highest BCUT2D eigenvalue weighted by atomic mass is 16.4. The summed E-state index contributed by atoms with van der Waals surface area (Å²) in [4.78, 5) is 20.5. The molecular formula is C33H62O4. The van der Waals surface area contributed by atoms with Gasteiger partial charge in [-0.05, 0) is 19.3 Å². The third-order valence-corrected chi connectivity index (χ3v) is 6.70. The van der Waals surface area contributed by atoms with Crippen molar-refractivity contribution in [2.24, 2.45) is 0 Å². The first-order valence-electron chi connectivity index (χ1n) is 15.8. The summed E-state index contributed by atoms with van der Waals surface area (Å²) in [6.07, 6.45) is 38.5. The van der Waals surface area contributed by atoms with Crippen molar-refractivity contribution in [3.8, 4) is 0 Å². The van der Waals surface area contributed by atoms with Crippen LogP contribution in [0.5, 0.6) is 0 Å². The first-order chi connectivity index (χ1) is 18.0. The Kier molecular flexibility index (Phi) is 35.0. The molecule has 0 amide bonds. The van der Waals surface area contributed by atoms with Crippen LogP contribution in [-0.2, 0) is 9.59 Å². The fourth-order valence-electron chi connectivity index (χ4n) is 4.36. The second-order valence-electron chi connectivity index (χ2n) is 10.5. The van der Waals surface area contributed by atoms with Crippen molar-refractivity contribution in [3.63, 3.8) is 0 Å². The van der Waals surface area contributed by atoms with Crippen molar-refractivity contribution in [3.05, 3.63) is 24.3 Å². The zero-order valence-corrected chi connectivity index (χ0v) is 24.7. The molecule has 2 N–H and O–H groups in total. The van der Waals surface area contributed by atoms with Crippen LogP contribution in [0.15, 0.2) is 24.3 Å².